The van der Waals surface area contributed by atoms with Gasteiger partial charge in [-0.1, -0.05) is 39.0 Å². The average Bonchev–Trinajstić information content (AvgIpc) is 2.74. The van der Waals surface area contributed by atoms with Crippen LogP contribution < -0.4 is 15.4 Å². The maximum Gasteiger partial charge on any atom is 0.252 e. The summed E-state index contributed by atoms with van der Waals surface area (Å²) in [5.74, 6) is 0.186. The molecule has 2 amide bonds. The SMILES string of the molecule is COc1ccc(C(=O)N[C@H]2C=CC=NC2NC(=O)c2ccc(C(C)(C)C)cc2)cc1. The zero-order chi connectivity index (χ0) is 21.7. The number of amides is 2. The van der Waals surface area contributed by atoms with Gasteiger partial charge in [0.1, 0.15) is 11.9 Å². The molecule has 30 heavy (non-hydrogen) atoms. The minimum Gasteiger partial charge on any atom is -0.497 e. The molecule has 6 nitrogen and oxygen atoms in total. The molecule has 1 unspecified atom stereocenters. The van der Waals surface area contributed by atoms with Gasteiger partial charge in [-0.15, -0.1) is 0 Å². The van der Waals surface area contributed by atoms with Gasteiger partial charge < -0.3 is 15.4 Å². The van der Waals surface area contributed by atoms with Crippen LogP contribution in [0.4, 0.5) is 0 Å². The van der Waals surface area contributed by atoms with E-state index < -0.39 is 12.2 Å². The molecule has 2 aromatic rings. The zero-order valence-corrected chi connectivity index (χ0v) is 17.7. The van der Waals surface area contributed by atoms with Crippen molar-refractivity contribution in [3.63, 3.8) is 0 Å². The fraction of sp³-hybridized carbons (Fsp3) is 0.292. The number of rotatable bonds is 5. The van der Waals surface area contributed by atoms with Crippen LogP contribution in [0.1, 0.15) is 47.1 Å². The number of benzene rings is 2. The van der Waals surface area contributed by atoms with Gasteiger partial charge in [-0.2, -0.15) is 0 Å². The van der Waals surface area contributed by atoms with Crippen LogP contribution in [0.25, 0.3) is 0 Å². The highest BCUT2D eigenvalue weighted by Crippen LogP contribution is 2.22. The molecular weight excluding hydrogens is 378 g/mol. The standard InChI is InChI=1S/C24H27N3O3/c1-24(2,3)18-11-7-16(8-12-18)23(29)27-21-20(6-5-15-25-21)26-22(28)17-9-13-19(30-4)14-10-17/h5-15,20-21H,1-4H3,(H,26,28)(H,27,29)/t20-,21?/m0/s1. The number of nitrogens with zero attached hydrogens (tertiary/aromatic N) is 1. The van der Waals surface area contributed by atoms with E-state index in [0.717, 1.165) is 5.56 Å². The predicted octanol–water partition coefficient (Wildman–Crippen LogP) is 3.49. The van der Waals surface area contributed by atoms with Crippen LogP contribution in [0.15, 0.2) is 65.7 Å². The second-order valence-electron chi connectivity index (χ2n) is 8.16. The van der Waals surface area contributed by atoms with Gasteiger partial charge in [-0.3, -0.25) is 14.6 Å². The van der Waals surface area contributed by atoms with Crippen molar-refractivity contribution in [3.8, 4) is 5.75 Å². The number of methoxy groups -OCH3 is 1. The van der Waals surface area contributed by atoms with E-state index in [4.69, 9.17) is 4.74 Å². The Morgan fingerprint density at radius 1 is 0.900 bits per heavy atom. The minimum atomic E-state index is -0.591. The number of carbonyl (C=O) groups is 2. The summed E-state index contributed by atoms with van der Waals surface area (Å²) in [5.41, 5.74) is 2.22. The molecular formula is C24H27N3O3. The van der Waals surface area contributed by atoms with Gasteiger partial charge in [0.25, 0.3) is 11.8 Å². The lowest BCUT2D eigenvalue weighted by molar-refractivity contribution is 0.0895. The Labute approximate surface area is 177 Å². The van der Waals surface area contributed by atoms with Crippen LogP contribution in [0.3, 0.4) is 0 Å². The molecule has 0 bridgehead atoms. The molecule has 0 fully saturated rings. The summed E-state index contributed by atoms with van der Waals surface area (Å²) >= 11 is 0. The quantitative estimate of drug-likeness (QED) is 0.799. The molecule has 0 aliphatic carbocycles. The third-order valence-electron chi connectivity index (χ3n) is 4.93. The Morgan fingerprint density at radius 2 is 1.47 bits per heavy atom. The molecule has 6 heteroatoms. The largest absolute Gasteiger partial charge is 0.497 e. The number of dihydropyridines is 1. The first kappa shape index (κ1) is 21.3. The number of ether oxygens (including phenoxy) is 1. The lowest BCUT2D eigenvalue weighted by atomic mass is 9.86. The van der Waals surface area contributed by atoms with E-state index in [1.165, 1.54) is 0 Å². The zero-order valence-electron chi connectivity index (χ0n) is 17.7. The topological polar surface area (TPSA) is 79.8 Å². The summed E-state index contributed by atoms with van der Waals surface area (Å²) in [6.07, 6.45) is 4.58. The van der Waals surface area contributed by atoms with Gasteiger partial charge in [-0.25, -0.2) is 0 Å². The third-order valence-corrected chi connectivity index (χ3v) is 4.93. The molecule has 3 rings (SSSR count). The van der Waals surface area contributed by atoms with Crippen molar-refractivity contribution in [3.05, 3.63) is 77.4 Å². The smallest absolute Gasteiger partial charge is 0.252 e. The van der Waals surface area contributed by atoms with Crippen LogP contribution in [-0.2, 0) is 5.41 Å². The molecule has 2 aromatic carbocycles. The first-order valence-corrected chi connectivity index (χ1v) is 9.84. The van der Waals surface area contributed by atoms with Crippen LogP contribution in [0.5, 0.6) is 5.75 Å². The van der Waals surface area contributed by atoms with E-state index in [9.17, 15) is 9.59 Å². The predicted molar refractivity (Wildman–Crippen MR) is 118 cm³/mol. The Hall–Kier alpha value is -3.41. The number of carbonyl (C=O) groups excluding carboxylic acids is 2. The van der Waals surface area contributed by atoms with Crippen LogP contribution in [-0.4, -0.2) is 37.3 Å². The lowest BCUT2D eigenvalue weighted by Gasteiger charge is -2.25. The van der Waals surface area contributed by atoms with Gasteiger partial charge in [0.15, 0.2) is 0 Å². The van der Waals surface area contributed by atoms with Gasteiger partial charge >= 0.3 is 0 Å². The van der Waals surface area contributed by atoms with Crippen molar-refractivity contribution in [2.45, 2.75) is 38.4 Å². The molecule has 0 saturated heterocycles. The maximum atomic E-state index is 12.7. The number of allylic oxidation sites excluding steroid dienone is 1. The first-order chi connectivity index (χ1) is 14.3. The molecule has 0 radical (unpaired) electrons. The Balaban J connectivity index is 1.66. The second kappa shape index (κ2) is 8.95. The highest BCUT2D eigenvalue weighted by Gasteiger charge is 2.25. The van der Waals surface area contributed by atoms with Crippen molar-refractivity contribution in [2.75, 3.05) is 7.11 Å². The van der Waals surface area contributed by atoms with Crippen LogP contribution in [0.2, 0.25) is 0 Å². The fourth-order valence-corrected chi connectivity index (χ4v) is 3.08. The van der Waals surface area contributed by atoms with Gasteiger partial charge in [-0.05, 0) is 53.5 Å². The van der Waals surface area contributed by atoms with Gasteiger partial charge in [0, 0.05) is 17.3 Å². The van der Waals surface area contributed by atoms with Crippen molar-refractivity contribution in [2.24, 2.45) is 4.99 Å². The molecule has 1 heterocycles. The Kier molecular flexibility index (Phi) is 6.35. The second-order valence-corrected chi connectivity index (χ2v) is 8.16. The molecule has 2 N–H and O–H groups in total. The highest BCUT2D eigenvalue weighted by molar-refractivity contribution is 5.96. The fourth-order valence-electron chi connectivity index (χ4n) is 3.08. The van der Waals surface area contributed by atoms with Crippen molar-refractivity contribution in [1.29, 1.82) is 0 Å². The van der Waals surface area contributed by atoms with Crippen molar-refractivity contribution < 1.29 is 14.3 Å². The minimum absolute atomic E-state index is 0.0182. The van der Waals surface area contributed by atoms with E-state index in [1.54, 1.807) is 43.7 Å². The third kappa shape index (κ3) is 5.14. The van der Waals surface area contributed by atoms with Gasteiger partial charge in [0.05, 0.1) is 13.2 Å². The van der Waals surface area contributed by atoms with E-state index in [1.807, 2.05) is 30.3 Å². The molecule has 1 aliphatic heterocycles. The van der Waals surface area contributed by atoms with Crippen molar-refractivity contribution >= 4 is 18.0 Å². The van der Waals surface area contributed by atoms with E-state index in [2.05, 4.69) is 36.4 Å². The maximum absolute atomic E-state index is 12.7. The highest BCUT2D eigenvalue weighted by atomic mass is 16.5. The molecule has 0 aromatic heterocycles. The molecule has 0 saturated carbocycles. The summed E-state index contributed by atoms with van der Waals surface area (Å²) in [5, 5.41) is 5.81. The summed E-state index contributed by atoms with van der Waals surface area (Å²) in [4.78, 5) is 29.6. The molecule has 1 aliphatic rings. The lowest BCUT2D eigenvalue weighted by Crippen LogP contribution is -2.50. The number of nitrogens with one attached hydrogen (secondary N) is 2. The van der Waals surface area contributed by atoms with Crippen LogP contribution >= 0.6 is 0 Å². The number of hydrogen-bond acceptors (Lipinski definition) is 4. The summed E-state index contributed by atoms with van der Waals surface area (Å²) in [6, 6.07) is 13.9. The summed E-state index contributed by atoms with van der Waals surface area (Å²) in [6.45, 7) is 6.38. The van der Waals surface area contributed by atoms with Crippen molar-refractivity contribution in [1.82, 2.24) is 10.6 Å². The monoisotopic (exact) mass is 405 g/mol. The van der Waals surface area contributed by atoms with Gasteiger partial charge in [0.2, 0.25) is 0 Å². The Morgan fingerprint density at radius 3 is 2.03 bits per heavy atom. The molecule has 156 valence electrons. The van der Waals surface area contributed by atoms with E-state index in [-0.39, 0.29) is 17.2 Å². The van der Waals surface area contributed by atoms with E-state index in [0.29, 0.717) is 16.9 Å². The summed E-state index contributed by atoms with van der Waals surface area (Å²) in [7, 11) is 1.57. The van der Waals surface area contributed by atoms with Crippen LogP contribution in [0, 0.1) is 0 Å². The first-order valence-electron chi connectivity index (χ1n) is 9.84. The molecule has 2 atom stereocenters. The average molecular weight is 405 g/mol. The number of hydrogen-bond donors (Lipinski definition) is 2. The van der Waals surface area contributed by atoms with E-state index >= 15 is 0 Å². The number of aliphatic imine (C=N–C) groups is 1. The normalized spacial score (nSPS) is 18.0. The molecule has 0 spiro atoms. The summed E-state index contributed by atoms with van der Waals surface area (Å²) < 4.78 is 5.12. The Bertz CT molecular complexity index is 955.